The minimum Gasteiger partial charge on any atom is -0.357 e. The molecular formula is C18H24N4. The number of nitrogens with zero attached hydrogens (tertiary/aromatic N) is 3. The van der Waals surface area contributed by atoms with Crippen molar-refractivity contribution in [3.8, 4) is 0 Å². The summed E-state index contributed by atoms with van der Waals surface area (Å²) in [7, 11) is 2.06. The molecule has 0 aliphatic heterocycles. The van der Waals surface area contributed by atoms with Gasteiger partial charge >= 0.3 is 0 Å². The van der Waals surface area contributed by atoms with Crippen LogP contribution in [0.25, 0.3) is 0 Å². The molecule has 0 saturated heterocycles. The molecule has 0 aliphatic rings. The maximum atomic E-state index is 4.71. The molecule has 1 N–H and O–H groups in total. The summed E-state index contributed by atoms with van der Waals surface area (Å²) >= 11 is 0. The van der Waals surface area contributed by atoms with Crippen LogP contribution in [0.2, 0.25) is 0 Å². The van der Waals surface area contributed by atoms with Gasteiger partial charge in [0.05, 0.1) is 12.2 Å². The fraction of sp³-hybridized carbons (Fsp3) is 0.333. The number of guanidine groups is 1. The predicted octanol–water partition coefficient (Wildman–Crippen LogP) is 2.99. The Labute approximate surface area is 132 Å². The van der Waals surface area contributed by atoms with Gasteiger partial charge in [0.2, 0.25) is 0 Å². The molecule has 4 heteroatoms. The lowest BCUT2D eigenvalue weighted by atomic mass is 10.2. The van der Waals surface area contributed by atoms with Gasteiger partial charge in [-0.1, -0.05) is 36.4 Å². The first-order chi connectivity index (χ1) is 10.7. The van der Waals surface area contributed by atoms with E-state index in [9.17, 15) is 0 Å². The highest BCUT2D eigenvalue weighted by atomic mass is 15.3. The zero-order chi connectivity index (χ0) is 15.8. The summed E-state index contributed by atoms with van der Waals surface area (Å²) in [6, 6.07) is 14.4. The average Bonchev–Trinajstić information content (AvgIpc) is 2.53. The Hall–Kier alpha value is -2.36. The van der Waals surface area contributed by atoms with Crippen LogP contribution >= 0.6 is 0 Å². The summed E-state index contributed by atoms with van der Waals surface area (Å²) in [5, 5.41) is 3.34. The van der Waals surface area contributed by atoms with E-state index in [-0.39, 0.29) is 0 Å². The van der Waals surface area contributed by atoms with Gasteiger partial charge in [0.1, 0.15) is 0 Å². The van der Waals surface area contributed by atoms with Gasteiger partial charge in [-0.05, 0) is 31.0 Å². The third-order valence-corrected chi connectivity index (χ3v) is 3.46. The van der Waals surface area contributed by atoms with E-state index >= 15 is 0 Å². The molecule has 1 aromatic heterocycles. The van der Waals surface area contributed by atoms with Crippen molar-refractivity contribution in [2.45, 2.75) is 26.9 Å². The van der Waals surface area contributed by atoms with Crippen molar-refractivity contribution in [1.29, 1.82) is 0 Å². The molecule has 0 aliphatic carbocycles. The summed E-state index contributed by atoms with van der Waals surface area (Å²) in [4.78, 5) is 11.2. The van der Waals surface area contributed by atoms with Crippen LogP contribution in [0.15, 0.2) is 53.7 Å². The molecule has 0 atom stereocenters. The summed E-state index contributed by atoms with van der Waals surface area (Å²) in [6.45, 7) is 6.41. The van der Waals surface area contributed by atoms with Crippen molar-refractivity contribution in [2.75, 3.05) is 13.6 Å². The molecule has 22 heavy (non-hydrogen) atoms. The number of aliphatic imine (C=N–C) groups is 1. The normalized spacial score (nSPS) is 11.3. The third kappa shape index (κ3) is 4.58. The second-order valence-corrected chi connectivity index (χ2v) is 5.28. The predicted molar refractivity (Wildman–Crippen MR) is 91.7 cm³/mol. The van der Waals surface area contributed by atoms with E-state index in [1.807, 2.05) is 18.3 Å². The van der Waals surface area contributed by atoms with Crippen LogP contribution in [0.5, 0.6) is 0 Å². The van der Waals surface area contributed by atoms with Gasteiger partial charge in [0.25, 0.3) is 0 Å². The van der Waals surface area contributed by atoms with Crippen LogP contribution in [-0.2, 0) is 13.1 Å². The van der Waals surface area contributed by atoms with Gasteiger partial charge in [-0.15, -0.1) is 0 Å². The topological polar surface area (TPSA) is 40.5 Å². The number of nitrogens with one attached hydrogen (secondary N) is 1. The maximum Gasteiger partial charge on any atom is 0.194 e. The van der Waals surface area contributed by atoms with E-state index in [0.29, 0.717) is 6.54 Å². The zero-order valence-corrected chi connectivity index (χ0v) is 13.6. The van der Waals surface area contributed by atoms with E-state index in [0.717, 1.165) is 24.7 Å². The first kappa shape index (κ1) is 16.0. The second kappa shape index (κ2) is 8.17. The number of hydrogen-bond acceptors (Lipinski definition) is 2. The Balaban J connectivity index is 2.08. The Kier molecular flexibility index (Phi) is 5.95. The van der Waals surface area contributed by atoms with Crippen molar-refractivity contribution < 1.29 is 0 Å². The molecule has 0 saturated carbocycles. The number of hydrogen-bond donors (Lipinski definition) is 1. The SMILES string of the molecule is CCNC(=NCc1ncccc1C)N(C)Cc1ccccc1. The highest BCUT2D eigenvalue weighted by Crippen LogP contribution is 2.06. The molecule has 0 unspecified atom stereocenters. The molecule has 2 aromatic rings. The molecule has 116 valence electrons. The quantitative estimate of drug-likeness (QED) is 0.681. The average molecular weight is 296 g/mol. The smallest absolute Gasteiger partial charge is 0.194 e. The minimum atomic E-state index is 0.591. The number of pyridine rings is 1. The highest BCUT2D eigenvalue weighted by Gasteiger charge is 2.07. The first-order valence-corrected chi connectivity index (χ1v) is 7.64. The Bertz CT molecular complexity index is 607. The highest BCUT2D eigenvalue weighted by molar-refractivity contribution is 5.79. The molecule has 4 nitrogen and oxygen atoms in total. The van der Waals surface area contributed by atoms with Gasteiger partial charge in [0.15, 0.2) is 5.96 Å². The van der Waals surface area contributed by atoms with Gasteiger partial charge in [-0.2, -0.15) is 0 Å². The lowest BCUT2D eigenvalue weighted by Gasteiger charge is -2.22. The van der Waals surface area contributed by atoms with Gasteiger partial charge in [-0.3, -0.25) is 4.98 Å². The Morgan fingerprint density at radius 2 is 1.95 bits per heavy atom. The molecule has 0 spiro atoms. The molecule has 0 amide bonds. The van der Waals surface area contributed by atoms with Crippen LogP contribution in [-0.4, -0.2) is 29.4 Å². The second-order valence-electron chi connectivity index (χ2n) is 5.28. The van der Waals surface area contributed by atoms with Gasteiger partial charge in [-0.25, -0.2) is 4.99 Å². The van der Waals surface area contributed by atoms with Crippen molar-refractivity contribution in [1.82, 2.24) is 15.2 Å². The van der Waals surface area contributed by atoms with Crippen molar-refractivity contribution >= 4 is 5.96 Å². The van der Waals surface area contributed by atoms with Gasteiger partial charge in [0, 0.05) is 26.3 Å². The monoisotopic (exact) mass is 296 g/mol. The van der Waals surface area contributed by atoms with Crippen molar-refractivity contribution in [3.05, 3.63) is 65.5 Å². The molecule has 0 fully saturated rings. The first-order valence-electron chi connectivity index (χ1n) is 7.64. The van der Waals surface area contributed by atoms with Crippen LogP contribution in [0.3, 0.4) is 0 Å². The maximum absolute atomic E-state index is 4.71. The number of rotatable bonds is 5. The molecule has 0 radical (unpaired) electrons. The molecule has 1 heterocycles. The summed E-state index contributed by atoms with van der Waals surface area (Å²) in [6.07, 6.45) is 1.82. The van der Waals surface area contributed by atoms with E-state index in [4.69, 9.17) is 4.99 Å². The van der Waals surface area contributed by atoms with Crippen molar-refractivity contribution in [3.63, 3.8) is 0 Å². The van der Waals surface area contributed by atoms with E-state index in [1.165, 1.54) is 11.1 Å². The number of aromatic nitrogens is 1. The molecular weight excluding hydrogens is 272 g/mol. The van der Waals surface area contributed by atoms with Crippen LogP contribution in [0.4, 0.5) is 0 Å². The van der Waals surface area contributed by atoms with Gasteiger partial charge < -0.3 is 10.2 Å². The fourth-order valence-corrected chi connectivity index (χ4v) is 2.24. The number of benzene rings is 1. The lowest BCUT2D eigenvalue weighted by molar-refractivity contribution is 0.476. The zero-order valence-electron chi connectivity index (χ0n) is 13.6. The lowest BCUT2D eigenvalue weighted by Crippen LogP contribution is -2.38. The molecule has 0 bridgehead atoms. The van der Waals surface area contributed by atoms with Crippen molar-refractivity contribution in [2.24, 2.45) is 4.99 Å². The Morgan fingerprint density at radius 3 is 2.64 bits per heavy atom. The summed E-state index contributed by atoms with van der Waals surface area (Å²) in [5.41, 5.74) is 3.46. The largest absolute Gasteiger partial charge is 0.357 e. The molecule has 2 rings (SSSR count). The van der Waals surface area contributed by atoms with Crippen LogP contribution in [0, 0.1) is 6.92 Å². The third-order valence-electron chi connectivity index (χ3n) is 3.46. The summed E-state index contributed by atoms with van der Waals surface area (Å²) in [5.74, 6) is 0.899. The molecule has 1 aromatic carbocycles. The van der Waals surface area contributed by atoms with Crippen LogP contribution in [0.1, 0.15) is 23.7 Å². The minimum absolute atomic E-state index is 0.591. The standard InChI is InChI=1S/C18H24N4/c1-4-19-18(21-13-17-15(2)9-8-12-20-17)22(3)14-16-10-6-5-7-11-16/h5-12H,4,13-14H2,1-3H3,(H,19,21). The fourth-order valence-electron chi connectivity index (χ4n) is 2.24. The van der Waals surface area contributed by atoms with E-state index in [2.05, 4.69) is 66.4 Å². The van der Waals surface area contributed by atoms with E-state index < -0.39 is 0 Å². The van der Waals surface area contributed by atoms with E-state index in [1.54, 1.807) is 0 Å². The number of aryl methyl sites for hydroxylation is 1. The Morgan fingerprint density at radius 1 is 1.18 bits per heavy atom. The van der Waals surface area contributed by atoms with Crippen LogP contribution < -0.4 is 5.32 Å². The summed E-state index contributed by atoms with van der Waals surface area (Å²) < 4.78 is 0.